The van der Waals surface area contributed by atoms with Gasteiger partial charge >= 0.3 is 0 Å². The molecule has 2 bridgehead atoms. The molecule has 4 aliphatic carbocycles. The Morgan fingerprint density at radius 2 is 1.38 bits per heavy atom. The summed E-state index contributed by atoms with van der Waals surface area (Å²) in [6.45, 7) is 0.366. The second kappa shape index (κ2) is 7.44. The molecule has 2 aromatic carbocycles. The SMILES string of the molecule is O=C(NCc1ccccc1)[C@H](Cc1ccccc1)N1C(=O)[C@@H]2[C@@H]3C=C[C@H]([C@H]4C[C@@H]34)[C@@H]2C1=O. The molecule has 1 heterocycles. The van der Waals surface area contributed by atoms with Gasteiger partial charge in [-0.1, -0.05) is 72.8 Å². The van der Waals surface area contributed by atoms with Gasteiger partial charge in [-0.25, -0.2) is 0 Å². The van der Waals surface area contributed by atoms with Gasteiger partial charge in [-0.2, -0.15) is 0 Å². The topological polar surface area (TPSA) is 66.5 Å². The van der Waals surface area contributed by atoms with E-state index < -0.39 is 6.04 Å². The van der Waals surface area contributed by atoms with Crippen LogP contribution in [0.15, 0.2) is 72.8 Å². The highest BCUT2D eigenvalue weighted by molar-refractivity contribution is 6.09. The predicted octanol–water partition coefficient (Wildman–Crippen LogP) is 2.97. The van der Waals surface area contributed by atoms with E-state index in [1.165, 1.54) is 4.90 Å². The first-order chi connectivity index (χ1) is 15.6. The molecule has 162 valence electrons. The summed E-state index contributed by atoms with van der Waals surface area (Å²) in [6.07, 6.45) is 5.78. The van der Waals surface area contributed by atoms with Crippen LogP contribution in [-0.2, 0) is 27.3 Å². The highest BCUT2D eigenvalue weighted by atomic mass is 16.2. The summed E-state index contributed by atoms with van der Waals surface area (Å²) >= 11 is 0. The van der Waals surface area contributed by atoms with Crippen LogP contribution in [0.3, 0.4) is 0 Å². The lowest BCUT2D eigenvalue weighted by Crippen LogP contribution is -2.51. The maximum absolute atomic E-state index is 13.6. The van der Waals surface area contributed by atoms with E-state index in [2.05, 4.69) is 17.5 Å². The number of rotatable bonds is 6. The Morgan fingerprint density at radius 3 is 1.94 bits per heavy atom. The lowest BCUT2D eigenvalue weighted by molar-refractivity contribution is -0.148. The van der Waals surface area contributed by atoms with Crippen LogP contribution in [-0.4, -0.2) is 28.7 Å². The molecule has 0 aromatic heterocycles. The molecule has 1 aliphatic heterocycles. The zero-order valence-corrected chi connectivity index (χ0v) is 17.8. The number of hydrogen-bond acceptors (Lipinski definition) is 3. The fraction of sp³-hybridized carbons (Fsp3) is 0.370. The summed E-state index contributed by atoms with van der Waals surface area (Å²) in [7, 11) is 0. The Labute approximate surface area is 187 Å². The number of carbonyl (C=O) groups excluding carboxylic acids is 3. The number of hydrogen-bond donors (Lipinski definition) is 1. The van der Waals surface area contributed by atoms with Crippen molar-refractivity contribution >= 4 is 17.7 Å². The van der Waals surface area contributed by atoms with Gasteiger partial charge in [0.05, 0.1) is 11.8 Å². The molecule has 0 unspecified atom stereocenters. The van der Waals surface area contributed by atoms with Crippen molar-refractivity contribution < 1.29 is 14.4 Å². The fourth-order valence-corrected chi connectivity index (χ4v) is 6.33. The first-order valence-electron chi connectivity index (χ1n) is 11.5. The largest absolute Gasteiger partial charge is 0.350 e. The molecule has 5 heteroatoms. The molecule has 7 atom stereocenters. The number of benzene rings is 2. The van der Waals surface area contributed by atoms with Gasteiger partial charge in [0, 0.05) is 13.0 Å². The zero-order chi connectivity index (χ0) is 21.8. The second-order valence-electron chi connectivity index (χ2n) is 9.61. The van der Waals surface area contributed by atoms with Crippen LogP contribution in [0.4, 0.5) is 0 Å². The molecular formula is C27H26N2O3. The van der Waals surface area contributed by atoms with Gasteiger partial charge in [0.1, 0.15) is 6.04 Å². The molecule has 32 heavy (non-hydrogen) atoms. The van der Waals surface area contributed by atoms with Crippen molar-refractivity contribution in [2.45, 2.75) is 25.4 Å². The second-order valence-corrected chi connectivity index (χ2v) is 9.61. The molecule has 2 saturated carbocycles. The first kappa shape index (κ1) is 19.5. The van der Waals surface area contributed by atoms with Crippen molar-refractivity contribution in [3.8, 4) is 0 Å². The molecule has 7 rings (SSSR count). The van der Waals surface area contributed by atoms with Gasteiger partial charge in [0.15, 0.2) is 0 Å². The van der Waals surface area contributed by atoms with Crippen molar-refractivity contribution in [2.24, 2.45) is 35.5 Å². The molecule has 3 amide bonds. The normalized spacial score (nSPS) is 32.4. The van der Waals surface area contributed by atoms with E-state index in [-0.39, 0.29) is 41.4 Å². The van der Waals surface area contributed by atoms with E-state index in [4.69, 9.17) is 0 Å². The van der Waals surface area contributed by atoms with Gasteiger partial charge in [-0.05, 0) is 41.2 Å². The minimum absolute atomic E-state index is 0.152. The monoisotopic (exact) mass is 426 g/mol. The average Bonchev–Trinajstić information content (AvgIpc) is 3.61. The van der Waals surface area contributed by atoms with E-state index in [0.717, 1.165) is 17.5 Å². The van der Waals surface area contributed by atoms with Crippen LogP contribution in [0.2, 0.25) is 0 Å². The number of amides is 3. The summed E-state index contributed by atoms with van der Waals surface area (Å²) < 4.78 is 0. The molecule has 3 fully saturated rings. The zero-order valence-electron chi connectivity index (χ0n) is 17.8. The van der Waals surface area contributed by atoms with Crippen molar-refractivity contribution in [1.29, 1.82) is 0 Å². The number of carbonyl (C=O) groups is 3. The molecule has 5 aliphatic rings. The Bertz CT molecular complexity index is 1060. The fourth-order valence-electron chi connectivity index (χ4n) is 6.33. The predicted molar refractivity (Wildman–Crippen MR) is 119 cm³/mol. The Kier molecular flexibility index (Phi) is 4.53. The summed E-state index contributed by atoms with van der Waals surface area (Å²) in [6, 6.07) is 18.5. The van der Waals surface area contributed by atoms with Gasteiger partial charge in [0.2, 0.25) is 17.7 Å². The standard InChI is InChI=1S/C27H26N2O3/c30-25(28-15-17-9-5-2-6-10-17)22(13-16-7-3-1-4-8-16)29-26(31)23-18-11-12-19(21-14-20(18)21)24(23)27(29)32/h1-12,18-24H,13-15H2,(H,28,30)/t18-,19-,20-,21+,22+,23+,24-/m1/s1. The van der Waals surface area contributed by atoms with E-state index in [0.29, 0.717) is 24.8 Å². The van der Waals surface area contributed by atoms with Crippen LogP contribution in [0, 0.1) is 35.5 Å². The maximum atomic E-state index is 13.6. The lowest BCUT2D eigenvalue weighted by Gasteiger charge is -2.37. The summed E-state index contributed by atoms with van der Waals surface area (Å²) in [5, 5.41) is 2.97. The van der Waals surface area contributed by atoms with Crippen LogP contribution in [0.5, 0.6) is 0 Å². The van der Waals surface area contributed by atoms with Crippen LogP contribution in [0.1, 0.15) is 17.5 Å². The van der Waals surface area contributed by atoms with Crippen LogP contribution < -0.4 is 5.32 Å². The quantitative estimate of drug-likeness (QED) is 0.571. The maximum Gasteiger partial charge on any atom is 0.243 e. The van der Waals surface area contributed by atoms with E-state index in [1.807, 2.05) is 60.7 Å². The highest BCUT2D eigenvalue weighted by Crippen LogP contribution is 2.65. The van der Waals surface area contributed by atoms with Gasteiger partial charge in [0.25, 0.3) is 0 Å². The van der Waals surface area contributed by atoms with Crippen molar-refractivity contribution in [3.05, 3.63) is 83.9 Å². The van der Waals surface area contributed by atoms with Crippen LogP contribution >= 0.6 is 0 Å². The summed E-state index contributed by atoms with van der Waals surface area (Å²) in [5.41, 5.74) is 1.92. The molecule has 0 radical (unpaired) electrons. The molecule has 5 nitrogen and oxygen atoms in total. The molecule has 0 spiro atoms. The van der Waals surface area contributed by atoms with Gasteiger partial charge in [-0.15, -0.1) is 0 Å². The van der Waals surface area contributed by atoms with Gasteiger partial charge < -0.3 is 5.32 Å². The third kappa shape index (κ3) is 3.02. The van der Waals surface area contributed by atoms with Gasteiger partial charge in [-0.3, -0.25) is 19.3 Å². The highest BCUT2D eigenvalue weighted by Gasteiger charge is 2.67. The van der Waals surface area contributed by atoms with Crippen molar-refractivity contribution in [1.82, 2.24) is 10.2 Å². The first-order valence-corrected chi connectivity index (χ1v) is 11.5. The number of allylic oxidation sites excluding steroid dienone is 2. The number of imide groups is 1. The molecule has 2 aromatic rings. The lowest BCUT2D eigenvalue weighted by atomic mass is 9.63. The van der Waals surface area contributed by atoms with E-state index >= 15 is 0 Å². The van der Waals surface area contributed by atoms with Crippen LogP contribution in [0.25, 0.3) is 0 Å². The number of nitrogens with zero attached hydrogens (tertiary/aromatic N) is 1. The van der Waals surface area contributed by atoms with Crippen molar-refractivity contribution in [3.63, 3.8) is 0 Å². The molecule has 1 saturated heterocycles. The Balaban J connectivity index is 1.29. The third-order valence-electron chi connectivity index (χ3n) is 7.89. The minimum atomic E-state index is -0.831. The van der Waals surface area contributed by atoms with E-state index in [1.54, 1.807) is 0 Å². The minimum Gasteiger partial charge on any atom is -0.350 e. The Morgan fingerprint density at radius 1 is 0.844 bits per heavy atom. The Hall–Kier alpha value is -3.21. The number of likely N-dealkylation sites (tertiary alicyclic amines) is 1. The third-order valence-corrected chi connectivity index (χ3v) is 7.89. The summed E-state index contributed by atoms with van der Waals surface area (Å²) in [4.78, 5) is 41.9. The average molecular weight is 427 g/mol. The number of nitrogens with one attached hydrogen (secondary N) is 1. The smallest absolute Gasteiger partial charge is 0.243 e. The van der Waals surface area contributed by atoms with E-state index in [9.17, 15) is 14.4 Å². The molecule has 1 N–H and O–H groups in total. The summed E-state index contributed by atoms with van der Waals surface area (Å²) in [5.74, 6) is 0.236. The molecular weight excluding hydrogens is 400 g/mol. The van der Waals surface area contributed by atoms with Crippen molar-refractivity contribution in [2.75, 3.05) is 0 Å².